The number of amides is 2. The van der Waals surface area contributed by atoms with Gasteiger partial charge in [0.2, 0.25) is 5.13 Å². The number of carbonyl (C=O) groups excluding carboxylic acids is 2. The van der Waals surface area contributed by atoms with Crippen LogP contribution in [0.2, 0.25) is 0 Å². The van der Waals surface area contributed by atoms with Crippen LogP contribution in [0.5, 0.6) is 0 Å². The molecule has 132 valence electrons. The van der Waals surface area contributed by atoms with Gasteiger partial charge in [-0.25, -0.2) is 0 Å². The van der Waals surface area contributed by atoms with Crippen LogP contribution in [0, 0.1) is 0 Å². The number of rotatable bonds is 3. The molecule has 2 aromatic rings. The lowest BCUT2D eigenvalue weighted by Gasteiger charge is -2.34. The lowest BCUT2D eigenvalue weighted by molar-refractivity contribution is -0.146. The summed E-state index contributed by atoms with van der Waals surface area (Å²) in [4.78, 5) is 32.3. The van der Waals surface area contributed by atoms with E-state index in [0.717, 1.165) is 16.5 Å². The van der Waals surface area contributed by atoms with Gasteiger partial charge in [-0.1, -0.05) is 30.3 Å². The number of hydrogen-bond acceptors (Lipinski definition) is 6. The standard InChI is InChI=1S/C17H21N5O2S/c1-12(2)18-15(23)16(24)21-8-10-22(11-9-21)17-19-14(20-25-17)13-6-4-3-5-7-13/h3-7,12H,8-11H2,1-2H3,(H,18,23). The Hall–Kier alpha value is -2.48. The van der Waals surface area contributed by atoms with Crippen molar-refractivity contribution in [2.75, 3.05) is 31.1 Å². The van der Waals surface area contributed by atoms with Crippen LogP contribution in [0.25, 0.3) is 11.4 Å². The van der Waals surface area contributed by atoms with Gasteiger partial charge in [0, 0.05) is 49.3 Å². The van der Waals surface area contributed by atoms with Gasteiger partial charge in [0.05, 0.1) is 0 Å². The fourth-order valence-corrected chi connectivity index (χ4v) is 3.36. The van der Waals surface area contributed by atoms with E-state index in [9.17, 15) is 9.59 Å². The Labute approximate surface area is 150 Å². The van der Waals surface area contributed by atoms with Crippen LogP contribution in [0.3, 0.4) is 0 Å². The van der Waals surface area contributed by atoms with Crippen LogP contribution >= 0.6 is 11.5 Å². The summed E-state index contributed by atoms with van der Waals surface area (Å²) < 4.78 is 4.42. The van der Waals surface area contributed by atoms with Gasteiger partial charge in [-0.05, 0) is 13.8 Å². The average molecular weight is 359 g/mol. The quantitative estimate of drug-likeness (QED) is 0.838. The molecule has 1 aromatic heterocycles. The van der Waals surface area contributed by atoms with Gasteiger partial charge in [-0.15, -0.1) is 0 Å². The third-order valence-electron chi connectivity index (χ3n) is 3.90. The molecule has 7 nitrogen and oxygen atoms in total. The predicted molar refractivity (Wildman–Crippen MR) is 97.4 cm³/mol. The molecule has 0 bridgehead atoms. The van der Waals surface area contributed by atoms with Crippen molar-refractivity contribution in [3.8, 4) is 11.4 Å². The zero-order valence-electron chi connectivity index (χ0n) is 14.3. The fraction of sp³-hybridized carbons (Fsp3) is 0.412. The second kappa shape index (κ2) is 7.60. The van der Waals surface area contributed by atoms with E-state index < -0.39 is 11.8 Å². The largest absolute Gasteiger partial charge is 0.346 e. The first-order chi connectivity index (χ1) is 12.0. The number of nitrogens with zero attached hydrogens (tertiary/aromatic N) is 4. The normalized spacial score (nSPS) is 14.7. The van der Waals surface area contributed by atoms with Gasteiger partial charge in [0.15, 0.2) is 5.82 Å². The van der Waals surface area contributed by atoms with Crippen molar-refractivity contribution in [1.29, 1.82) is 0 Å². The minimum atomic E-state index is -0.536. The second-order valence-corrected chi connectivity index (χ2v) is 6.90. The molecule has 25 heavy (non-hydrogen) atoms. The Bertz CT molecular complexity index is 739. The number of aromatic nitrogens is 2. The summed E-state index contributed by atoms with van der Waals surface area (Å²) in [6, 6.07) is 9.80. The minimum absolute atomic E-state index is 0.0458. The summed E-state index contributed by atoms with van der Waals surface area (Å²) in [5.74, 6) is -0.281. The van der Waals surface area contributed by atoms with Gasteiger partial charge in [-0.2, -0.15) is 9.36 Å². The molecule has 3 rings (SSSR count). The lowest BCUT2D eigenvalue weighted by Crippen LogP contribution is -2.53. The summed E-state index contributed by atoms with van der Waals surface area (Å²) in [5.41, 5.74) is 0.990. The lowest BCUT2D eigenvalue weighted by atomic mass is 10.2. The third kappa shape index (κ3) is 4.14. The molecule has 0 spiro atoms. The molecule has 0 atom stereocenters. The molecule has 1 N–H and O–H groups in total. The van der Waals surface area contributed by atoms with Crippen molar-refractivity contribution in [3.63, 3.8) is 0 Å². The number of carbonyl (C=O) groups is 2. The van der Waals surface area contributed by atoms with Crippen molar-refractivity contribution >= 4 is 28.5 Å². The molecule has 1 fully saturated rings. The Kier molecular flexibility index (Phi) is 5.28. The summed E-state index contributed by atoms with van der Waals surface area (Å²) in [5, 5.41) is 3.49. The number of benzene rings is 1. The Morgan fingerprint density at radius 1 is 1.12 bits per heavy atom. The number of piperazine rings is 1. The van der Waals surface area contributed by atoms with Gasteiger partial charge < -0.3 is 15.1 Å². The van der Waals surface area contributed by atoms with E-state index in [1.54, 1.807) is 4.90 Å². The van der Waals surface area contributed by atoms with Crippen molar-refractivity contribution < 1.29 is 9.59 Å². The molecule has 1 aliphatic heterocycles. The van der Waals surface area contributed by atoms with E-state index in [1.807, 2.05) is 44.2 Å². The molecular formula is C17H21N5O2S. The molecule has 2 amide bonds. The first-order valence-corrected chi connectivity index (χ1v) is 9.06. The summed E-state index contributed by atoms with van der Waals surface area (Å²) in [7, 11) is 0. The smallest absolute Gasteiger partial charge is 0.312 e. The number of nitrogens with one attached hydrogen (secondary N) is 1. The summed E-state index contributed by atoms with van der Waals surface area (Å²) >= 11 is 1.36. The van der Waals surface area contributed by atoms with Gasteiger partial charge >= 0.3 is 11.8 Å². The van der Waals surface area contributed by atoms with Gasteiger partial charge in [-0.3, -0.25) is 9.59 Å². The molecular weight excluding hydrogens is 338 g/mol. The predicted octanol–water partition coefficient (Wildman–Crippen LogP) is 1.38. The highest BCUT2D eigenvalue weighted by molar-refractivity contribution is 7.09. The van der Waals surface area contributed by atoms with Crippen LogP contribution in [0.4, 0.5) is 5.13 Å². The molecule has 0 aliphatic carbocycles. The zero-order chi connectivity index (χ0) is 17.8. The van der Waals surface area contributed by atoms with Crippen molar-refractivity contribution in [2.45, 2.75) is 19.9 Å². The summed E-state index contributed by atoms with van der Waals surface area (Å²) in [6.45, 7) is 5.97. The molecule has 1 aliphatic rings. The first kappa shape index (κ1) is 17.3. The number of anilines is 1. The Balaban J connectivity index is 1.59. The van der Waals surface area contributed by atoms with Crippen LogP contribution < -0.4 is 10.2 Å². The molecule has 0 radical (unpaired) electrons. The maximum absolute atomic E-state index is 12.1. The van der Waals surface area contributed by atoms with Gasteiger partial charge in [0.25, 0.3) is 0 Å². The SMILES string of the molecule is CC(C)NC(=O)C(=O)N1CCN(c2nc(-c3ccccc3)ns2)CC1. The summed E-state index contributed by atoms with van der Waals surface area (Å²) in [6.07, 6.45) is 0. The highest BCUT2D eigenvalue weighted by atomic mass is 32.1. The van der Waals surface area contributed by atoms with E-state index in [4.69, 9.17) is 0 Å². The van der Waals surface area contributed by atoms with E-state index >= 15 is 0 Å². The van der Waals surface area contributed by atoms with E-state index in [1.165, 1.54) is 11.5 Å². The van der Waals surface area contributed by atoms with Crippen LogP contribution in [-0.2, 0) is 9.59 Å². The van der Waals surface area contributed by atoms with Crippen LogP contribution in [-0.4, -0.2) is 58.3 Å². The molecule has 0 saturated carbocycles. The molecule has 2 heterocycles. The molecule has 1 saturated heterocycles. The molecule has 1 aromatic carbocycles. The van der Waals surface area contributed by atoms with Crippen LogP contribution in [0.1, 0.15) is 13.8 Å². The maximum Gasteiger partial charge on any atom is 0.312 e. The fourth-order valence-electron chi connectivity index (χ4n) is 2.62. The van der Waals surface area contributed by atoms with Crippen molar-refractivity contribution in [3.05, 3.63) is 30.3 Å². The Morgan fingerprint density at radius 2 is 1.80 bits per heavy atom. The molecule has 0 unspecified atom stereocenters. The highest BCUT2D eigenvalue weighted by Gasteiger charge is 2.27. The van der Waals surface area contributed by atoms with Gasteiger partial charge in [0.1, 0.15) is 0 Å². The monoisotopic (exact) mass is 359 g/mol. The topological polar surface area (TPSA) is 78.4 Å². The van der Waals surface area contributed by atoms with Crippen LogP contribution in [0.15, 0.2) is 30.3 Å². The Morgan fingerprint density at radius 3 is 2.44 bits per heavy atom. The second-order valence-electron chi connectivity index (χ2n) is 6.17. The number of hydrogen-bond donors (Lipinski definition) is 1. The van der Waals surface area contributed by atoms with Crippen molar-refractivity contribution in [1.82, 2.24) is 19.6 Å². The minimum Gasteiger partial charge on any atom is -0.346 e. The first-order valence-electron chi connectivity index (χ1n) is 8.28. The third-order valence-corrected chi connectivity index (χ3v) is 4.68. The van der Waals surface area contributed by atoms with E-state index in [-0.39, 0.29) is 6.04 Å². The van der Waals surface area contributed by atoms with E-state index in [2.05, 4.69) is 19.6 Å². The maximum atomic E-state index is 12.1. The zero-order valence-corrected chi connectivity index (χ0v) is 15.1. The average Bonchev–Trinajstić information content (AvgIpc) is 3.11. The molecule has 8 heteroatoms. The van der Waals surface area contributed by atoms with E-state index in [0.29, 0.717) is 26.2 Å². The van der Waals surface area contributed by atoms with Crippen molar-refractivity contribution in [2.24, 2.45) is 0 Å². The highest BCUT2D eigenvalue weighted by Crippen LogP contribution is 2.24.